The van der Waals surface area contributed by atoms with E-state index in [-0.39, 0.29) is 17.9 Å². The highest BCUT2D eigenvalue weighted by Gasteiger charge is 2.15. The third kappa shape index (κ3) is 5.36. The molecule has 0 radical (unpaired) electrons. The molecule has 0 unspecified atom stereocenters. The van der Waals surface area contributed by atoms with E-state index in [1.165, 1.54) is 13.2 Å². The van der Waals surface area contributed by atoms with Crippen molar-refractivity contribution in [2.24, 2.45) is 0 Å². The molecule has 2 aromatic carbocycles. The average molecular weight is 451 g/mol. The van der Waals surface area contributed by atoms with Crippen LogP contribution >= 0.6 is 11.6 Å². The van der Waals surface area contributed by atoms with E-state index in [9.17, 15) is 14.9 Å². The van der Waals surface area contributed by atoms with E-state index in [1.807, 2.05) is 18.2 Å². The van der Waals surface area contributed by atoms with Crippen LogP contribution in [-0.4, -0.2) is 26.1 Å². The highest BCUT2D eigenvalue weighted by Crippen LogP contribution is 2.31. The van der Waals surface area contributed by atoms with Crippen LogP contribution in [0, 0.1) is 11.3 Å². The van der Waals surface area contributed by atoms with Gasteiger partial charge in [-0.2, -0.15) is 5.26 Å². The van der Waals surface area contributed by atoms with Gasteiger partial charge in [0.25, 0.3) is 5.91 Å². The van der Waals surface area contributed by atoms with E-state index in [4.69, 9.17) is 25.5 Å². The highest BCUT2D eigenvalue weighted by atomic mass is 35.5. The Hall–Kier alpha value is -4.02. The Labute approximate surface area is 189 Å². The number of benzene rings is 2. The minimum Gasteiger partial charge on any atom is -0.497 e. The van der Waals surface area contributed by atoms with E-state index in [0.717, 1.165) is 5.56 Å². The number of hydrogen-bond acceptors (Lipinski definition) is 6. The monoisotopic (exact) mass is 450 g/mol. The van der Waals surface area contributed by atoms with E-state index >= 15 is 0 Å². The molecule has 0 saturated carbocycles. The number of nitrogens with zero attached hydrogens (tertiary/aromatic N) is 1. The van der Waals surface area contributed by atoms with Crippen molar-refractivity contribution in [1.82, 2.24) is 5.32 Å². The zero-order chi connectivity index (χ0) is 23.1. The minimum absolute atomic E-state index is 0.117. The summed E-state index contributed by atoms with van der Waals surface area (Å²) in [5.41, 5.74) is 1.54. The number of nitriles is 1. The van der Waals surface area contributed by atoms with Crippen molar-refractivity contribution in [3.05, 3.63) is 82.1 Å². The van der Waals surface area contributed by atoms with Crippen molar-refractivity contribution in [2.75, 3.05) is 14.2 Å². The van der Waals surface area contributed by atoms with Crippen LogP contribution in [0.1, 0.15) is 21.7 Å². The fraction of sp³-hybridized carbons (Fsp3) is 0.125. The molecule has 32 heavy (non-hydrogen) atoms. The molecule has 0 aliphatic carbocycles. The van der Waals surface area contributed by atoms with Crippen molar-refractivity contribution in [3.63, 3.8) is 0 Å². The van der Waals surface area contributed by atoms with Gasteiger partial charge in [-0.25, -0.2) is 4.79 Å². The summed E-state index contributed by atoms with van der Waals surface area (Å²) in [5.74, 6) is 0.337. The van der Waals surface area contributed by atoms with Crippen LogP contribution in [-0.2, 0) is 16.1 Å². The normalized spacial score (nSPS) is 10.9. The van der Waals surface area contributed by atoms with Gasteiger partial charge in [-0.05, 0) is 48.0 Å². The lowest BCUT2D eigenvalue weighted by molar-refractivity contribution is -0.117. The number of carbonyl (C=O) groups excluding carboxylic acids is 2. The zero-order valence-electron chi connectivity index (χ0n) is 17.3. The molecule has 0 saturated heterocycles. The summed E-state index contributed by atoms with van der Waals surface area (Å²) in [6.45, 7) is 0.251. The van der Waals surface area contributed by atoms with Gasteiger partial charge < -0.3 is 19.2 Å². The van der Waals surface area contributed by atoms with Gasteiger partial charge in [-0.15, -0.1) is 0 Å². The molecule has 3 rings (SSSR count). The second-order valence-corrected chi connectivity index (χ2v) is 7.00. The molecule has 0 aliphatic heterocycles. The Balaban J connectivity index is 1.75. The molecule has 0 spiro atoms. The van der Waals surface area contributed by atoms with E-state index < -0.39 is 11.9 Å². The third-order valence-electron chi connectivity index (χ3n) is 4.54. The SMILES string of the molecule is COC(=O)c1ccc(Cl)c(-c2ccc(/C=C(/C#N)C(=O)NCc3ccc(OC)cc3)o2)c1. The molecule has 1 heterocycles. The summed E-state index contributed by atoms with van der Waals surface area (Å²) in [7, 11) is 2.86. The molecular weight excluding hydrogens is 432 g/mol. The van der Waals surface area contributed by atoms with E-state index in [1.54, 1.807) is 49.6 Å². The summed E-state index contributed by atoms with van der Waals surface area (Å²) in [5, 5.41) is 12.5. The van der Waals surface area contributed by atoms with Crippen LogP contribution in [0.25, 0.3) is 17.4 Å². The molecule has 3 aromatic rings. The molecule has 0 aliphatic rings. The maximum absolute atomic E-state index is 12.4. The van der Waals surface area contributed by atoms with Crippen LogP contribution in [0.5, 0.6) is 5.75 Å². The third-order valence-corrected chi connectivity index (χ3v) is 4.87. The molecule has 0 atom stereocenters. The summed E-state index contributed by atoms with van der Waals surface area (Å²) in [4.78, 5) is 24.2. The summed E-state index contributed by atoms with van der Waals surface area (Å²) in [6.07, 6.45) is 1.34. The second kappa shape index (κ2) is 10.3. The van der Waals surface area contributed by atoms with Gasteiger partial charge in [-0.3, -0.25) is 4.79 Å². The van der Waals surface area contributed by atoms with Gasteiger partial charge in [0.15, 0.2) is 0 Å². The van der Waals surface area contributed by atoms with Gasteiger partial charge >= 0.3 is 5.97 Å². The fourth-order valence-electron chi connectivity index (χ4n) is 2.85. The second-order valence-electron chi connectivity index (χ2n) is 6.59. The number of nitrogens with one attached hydrogen (secondary N) is 1. The maximum Gasteiger partial charge on any atom is 0.337 e. The average Bonchev–Trinajstić information content (AvgIpc) is 3.29. The summed E-state index contributed by atoms with van der Waals surface area (Å²) in [6, 6.07) is 17.0. The lowest BCUT2D eigenvalue weighted by Crippen LogP contribution is -2.23. The van der Waals surface area contributed by atoms with Gasteiger partial charge in [0, 0.05) is 18.2 Å². The molecule has 0 bridgehead atoms. The maximum atomic E-state index is 12.4. The van der Waals surface area contributed by atoms with Gasteiger partial charge in [-0.1, -0.05) is 23.7 Å². The van der Waals surface area contributed by atoms with Crippen LogP contribution in [0.15, 0.2) is 64.6 Å². The number of carbonyl (C=O) groups is 2. The minimum atomic E-state index is -0.535. The van der Waals surface area contributed by atoms with Crippen LogP contribution in [0.3, 0.4) is 0 Å². The highest BCUT2D eigenvalue weighted by molar-refractivity contribution is 6.33. The van der Waals surface area contributed by atoms with Crippen molar-refractivity contribution < 1.29 is 23.5 Å². The van der Waals surface area contributed by atoms with Crippen molar-refractivity contribution in [2.45, 2.75) is 6.54 Å². The number of hydrogen-bond donors (Lipinski definition) is 1. The van der Waals surface area contributed by atoms with Crippen LogP contribution in [0.4, 0.5) is 0 Å². The lowest BCUT2D eigenvalue weighted by atomic mass is 10.1. The Morgan fingerprint density at radius 1 is 1.12 bits per heavy atom. The summed E-state index contributed by atoms with van der Waals surface area (Å²) < 4.78 is 15.6. The number of rotatable bonds is 7. The largest absolute Gasteiger partial charge is 0.497 e. The Morgan fingerprint density at radius 3 is 2.53 bits per heavy atom. The number of methoxy groups -OCH3 is 2. The fourth-order valence-corrected chi connectivity index (χ4v) is 3.06. The van der Waals surface area contributed by atoms with Crippen molar-refractivity contribution in [1.29, 1.82) is 5.26 Å². The van der Waals surface area contributed by atoms with E-state index in [2.05, 4.69) is 5.32 Å². The molecule has 1 amide bonds. The number of halogens is 1. The van der Waals surface area contributed by atoms with Crippen molar-refractivity contribution in [3.8, 4) is 23.1 Å². The Bertz CT molecular complexity index is 1210. The van der Waals surface area contributed by atoms with Gasteiger partial charge in [0.1, 0.15) is 28.9 Å². The number of ether oxygens (including phenoxy) is 2. The molecule has 8 heteroatoms. The number of furan rings is 1. The molecular formula is C24H19ClN2O5. The predicted octanol–water partition coefficient (Wildman–Crippen LogP) is 4.62. The van der Waals surface area contributed by atoms with E-state index in [0.29, 0.717) is 27.7 Å². The standard InChI is InChI=1S/C24H19ClN2O5/c1-30-18-6-3-15(4-7-18)14-27-23(28)17(13-26)11-19-8-10-22(32-19)20-12-16(24(29)31-2)5-9-21(20)25/h3-12H,14H2,1-2H3,(H,27,28)/b17-11-. The number of esters is 1. The van der Waals surface area contributed by atoms with Crippen molar-refractivity contribution >= 4 is 29.6 Å². The first-order chi connectivity index (χ1) is 15.4. The first kappa shape index (κ1) is 22.7. The Kier molecular flexibility index (Phi) is 7.32. The Morgan fingerprint density at radius 2 is 1.88 bits per heavy atom. The smallest absolute Gasteiger partial charge is 0.337 e. The summed E-state index contributed by atoms with van der Waals surface area (Å²) >= 11 is 6.24. The number of amides is 1. The van der Waals surface area contributed by atoms with Crippen LogP contribution < -0.4 is 10.1 Å². The van der Waals surface area contributed by atoms with Gasteiger partial charge in [0.2, 0.25) is 0 Å². The first-order valence-electron chi connectivity index (χ1n) is 9.46. The van der Waals surface area contributed by atoms with Crippen LogP contribution in [0.2, 0.25) is 5.02 Å². The predicted molar refractivity (Wildman–Crippen MR) is 119 cm³/mol. The molecule has 162 valence electrons. The molecule has 1 N–H and O–H groups in total. The molecule has 0 fully saturated rings. The molecule has 1 aromatic heterocycles. The quantitative estimate of drug-likeness (QED) is 0.320. The molecule has 7 nitrogen and oxygen atoms in total. The first-order valence-corrected chi connectivity index (χ1v) is 9.84. The lowest BCUT2D eigenvalue weighted by Gasteiger charge is -2.06. The zero-order valence-corrected chi connectivity index (χ0v) is 18.1. The van der Waals surface area contributed by atoms with Gasteiger partial charge in [0.05, 0.1) is 24.8 Å². The topological polar surface area (TPSA) is 102 Å².